The first-order chi connectivity index (χ1) is 7.31. The van der Waals surface area contributed by atoms with Crippen molar-refractivity contribution in [1.82, 2.24) is 5.43 Å². The average Bonchev–Trinajstić information content (AvgIpc) is 2.43. The summed E-state index contributed by atoms with van der Waals surface area (Å²) in [7, 11) is 0. The summed E-state index contributed by atoms with van der Waals surface area (Å²) in [6.07, 6.45) is 0.908. The summed E-state index contributed by atoms with van der Waals surface area (Å²) < 4.78 is 12.1. The number of benzene rings is 1. The second kappa shape index (κ2) is 4.83. The van der Waals surface area contributed by atoms with Gasteiger partial charge >= 0.3 is 0 Å². The SMILES string of the molecule is NNCc1cc(Br)c2c(c1)OCCCO2. The molecule has 0 radical (unpaired) electrons. The first kappa shape index (κ1) is 10.7. The fourth-order valence-electron chi connectivity index (χ4n) is 1.50. The quantitative estimate of drug-likeness (QED) is 0.634. The van der Waals surface area contributed by atoms with Gasteiger partial charge in [0.25, 0.3) is 0 Å². The van der Waals surface area contributed by atoms with E-state index in [0.717, 1.165) is 28.0 Å². The van der Waals surface area contributed by atoms with Crippen LogP contribution in [0.3, 0.4) is 0 Å². The molecule has 1 heterocycles. The van der Waals surface area contributed by atoms with E-state index in [0.29, 0.717) is 19.8 Å². The van der Waals surface area contributed by atoms with Gasteiger partial charge in [0, 0.05) is 13.0 Å². The molecule has 1 aliphatic heterocycles. The molecule has 0 bridgehead atoms. The Morgan fingerprint density at radius 1 is 1.33 bits per heavy atom. The van der Waals surface area contributed by atoms with E-state index in [9.17, 15) is 0 Å². The highest BCUT2D eigenvalue weighted by Crippen LogP contribution is 2.38. The van der Waals surface area contributed by atoms with Crippen molar-refractivity contribution in [3.05, 3.63) is 22.2 Å². The molecular weight excluding hydrogens is 260 g/mol. The van der Waals surface area contributed by atoms with Gasteiger partial charge < -0.3 is 9.47 Å². The molecule has 0 saturated carbocycles. The second-order valence-corrected chi connectivity index (χ2v) is 4.19. The molecule has 0 aliphatic carbocycles. The third-order valence-electron chi connectivity index (χ3n) is 2.17. The van der Waals surface area contributed by atoms with Crippen LogP contribution in [-0.4, -0.2) is 13.2 Å². The number of rotatable bonds is 2. The van der Waals surface area contributed by atoms with Gasteiger partial charge in [-0.05, 0) is 33.6 Å². The molecule has 82 valence electrons. The van der Waals surface area contributed by atoms with Crippen molar-refractivity contribution in [1.29, 1.82) is 0 Å². The number of hydrogen-bond donors (Lipinski definition) is 2. The third kappa shape index (κ3) is 2.42. The number of hydrazine groups is 1. The normalized spacial score (nSPS) is 14.8. The van der Waals surface area contributed by atoms with E-state index >= 15 is 0 Å². The van der Waals surface area contributed by atoms with Crippen molar-refractivity contribution in [2.45, 2.75) is 13.0 Å². The van der Waals surface area contributed by atoms with Gasteiger partial charge in [-0.2, -0.15) is 0 Å². The van der Waals surface area contributed by atoms with Crippen molar-refractivity contribution in [3.63, 3.8) is 0 Å². The van der Waals surface area contributed by atoms with Crippen molar-refractivity contribution in [2.24, 2.45) is 5.84 Å². The maximum atomic E-state index is 5.59. The average molecular weight is 273 g/mol. The van der Waals surface area contributed by atoms with E-state index in [1.165, 1.54) is 0 Å². The molecule has 3 N–H and O–H groups in total. The van der Waals surface area contributed by atoms with Gasteiger partial charge in [-0.15, -0.1) is 0 Å². The molecule has 4 nitrogen and oxygen atoms in total. The molecule has 1 aromatic rings. The molecule has 1 aliphatic rings. The van der Waals surface area contributed by atoms with Crippen LogP contribution in [0.25, 0.3) is 0 Å². The lowest BCUT2D eigenvalue weighted by Crippen LogP contribution is -2.20. The fourth-order valence-corrected chi connectivity index (χ4v) is 2.11. The molecule has 0 saturated heterocycles. The first-order valence-electron chi connectivity index (χ1n) is 4.83. The summed E-state index contributed by atoms with van der Waals surface area (Å²) in [4.78, 5) is 0. The van der Waals surface area contributed by atoms with E-state index in [4.69, 9.17) is 15.3 Å². The molecule has 0 spiro atoms. The lowest BCUT2D eigenvalue weighted by molar-refractivity contribution is 0.296. The molecule has 2 rings (SSSR count). The Balaban J connectivity index is 2.35. The zero-order valence-electron chi connectivity index (χ0n) is 8.25. The number of halogens is 1. The number of nitrogens with one attached hydrogen (secondary N) is 1. The Hall–Kier alpha value is -0.780. The largest absolute Gasteiger partial charge is 0.490 e. The van der Waals surface area contributed by atoms with Crippen LogP contribution in [0.5, 0.6) is 11.5 Å². The Morgan fingerprint density at radius 3 is 2.93 bits per heavy atom. The van der Waals surface area contributed by atoms with Gasteiger partial charge in [0.05, 0.1) is 17.7 Å². The van der Waals surface area contributed by atoms with Gasteiger partial charge in [0.1, 0.15) is 0 Å². The smallest absolute Gasteiger partial charge is 0.175 e. The molecule has 5 heteroatoms. The maximum absolute atomic E-state index is 5.59. The van der Waals surface area contributed by atoms with Gasteiger partial charge in [-0.1, -0.05) is 0 Å². The Kier molecular flexibility index (Phi) is 3.45. The standard InChI is InChI=1S/C10H13BrN2O2/c11-8-4-7(6-13-12)5-9-10(8)15-3-1-2-14-9/h4-5,13H,1-3,6,12H2. The first-order valence-corrected chi connectivity index (χ1v) is 5.62. The highest BCUT2D eigenvalue weighted by molar-refractivity contribution is 9.10. The van der Waals surface area contributed by atoms with E-state index in [-0.39, 0.29) is 0 Å². The molecule has 0 atom stereocenters. The van der Waals surface area contributed by atoms with Gasteiger partial charge in [-0.3, -0.25) is 11.3 Å². The minimum Gasteiger partial charge on any atom is -0.490 e. The van der Waals surface area contributed by atoms with E-state index in [2.05, 4.69) is 21.4 Å². The van der Waals surface area contributed by atoms with Crippen LogP contribution in [0.4, 0.5) is 0 Å². The Labute approximate surface area is 96.8 Å². The van der Waals surface area contributed by atoms with Crippen molar-refractivity contribution < 1.29 is 9.47 Å². The van der Waals surface area contributed by atoms with E-state index in [1.54, 1.807) is 0 Å². The van der Waals surface area contributed by atoms with Crippen LogP contribution in [0.1, 0.15) is 12.0 Å². The summed E-state index contributed by atoms with van der Waals surface area (Å²) in [5.74, 6) is 6.85. The maximum Gasteiger partial charge on any atom is 0.175 e. The summed E-state index contributed by atoms with van der Waals surface area (Å²) in [6.45, 7) is 1.99. The monoisotopic (exact) mass is 272 g/mol. The van der Waals surface area contributed by atoms with Crippen LogP contribution in [-0.2, 0) is 6.54 Å². The summed E-state index contributed by atoms with van der Waals surface area (Å²) in [6, 6.07) is 3.93. The third-order valence-corrected chi connectivity index (χ3v) is 2.76. The summed E-state index contributed by atoms with van der Waals surface area (Å²) in [5, 5.41) is 0. The fraction of sp³-hybridized carbons (Fsp3) is 0.400. The summed E-state index contributed by atoms with van der Waals surface area (Å²) in [5.41, 5.74) is 3.68. The van der Waals surface area contributed by atoms with Crippen molar-refractivity contribution in [3.8, 4) is 11.5 Å². The molecule has 15 heavy (non-hydrogen) atoms. The molecule has 0 aromatic heterocycles. The number of hydrogen-bond acceptors (Lipinski definition) is 4. The number of fused-ring (bicyclic) bond motifs is 1. The topological polar surface area (TPSA) is 56.5 Å². The molecule has 0 amide bonds. The van der Waals surface area contributed by atoms with Gasteiger partial charge in [-0.25, -0.2) is 0 Å². The predicted molar refractivity (Wildman–Crippen MR) is 60.8 cm³/mol. The minimum absolute atomic E-state index is 0.606. The van der Waals surface area contributed by atoms with Gasteiger partial charge in [0.2, 0.25) is 0 Å². The van der Waals surface area contributed by atoms with Crippen molar-refractivity contribution in [2.75, 3.05) is 13.2 Å². The molecule has 0 fully saturated rings. The van der Waals surface area contributed by atoms with Crippen LogP contribution in [0.15, 0.2) is 16.6 Å². The van der Waals surface area contributed by atoms with E-state index < -0.39 is 0 Å². The molecule has 1 aromatic carbocycles. The number of ether oxygens (including phenoxy) is 2. The highest BCUT2D eigenvalue weighted by atomic mass is 79.9. The van der Waals surface area contributed by atoms with Crippen LogP contribution < -0.4 is 20.7 Å². The van der Waals surface area contributed by atoms with Crippen LogP contribution >= 0.6 is 15.9 Å². The highest BCUT2D eigenvalue weighted by Gasteiger charge is 2.14. The lowest BCUT2D eigenvalue weighted by atomic mass is 10.2. The van der Waals surface area contributed by atoms with Gasteiger partial charge in [0.15, 0.2) is 11.5 Å². The molecule has 0 unspecified atom stereocenters. The zero-order valence-corrected chi connectivity index (χ0v) is 9.84. The van der Waals surface area contributed by atoms with E-state index in [1.807, 2.05) is 12.1 Å². The number of nitrogens with two attached hydrogens (primary N) is 1. The van der Waals surface area contributed by atoms with Crippen LogP contribution in [0, 0.1) is 0 Å². The minimum atomic E-state index is 0.606. The zero-order chi connectivity index (χ0) is 10.7. The predicted octanol–water partition coefficient (Wildman–Crippen LogP) is 1.57. The summed E-state index contributed by atoms with van der Waals surface area (Å²) >= 11 is 3.46. The Morgan fingerprint density at radius 2 is 2.13 bits per heavy atom. The molecular formula is C10H13BrN2O2. The lowest BCUT2D eigenvalue weighted by Gasteiger charge is -2.11. The van der Waals surface area contributed by atoms with Crippen LogP contribution in [0.2, 0.25) is 0 Å². The Bertz CT molecular complexity index is 358. The van der Waals surface area contributed by atoms with Crippen molar-refractivity contribution >= 4 is 15.9 Å². The second-order valence-electron chi connectivity index (χ2n) is 3.34.